The molecule has 104 valence electrons. The van der Waals surface area contributed by atoms with Gasteiger partial charge in [0, 0.05) is 20.7 Å². The van der Waals surface area contributed by atoms with Gasteiger partial charge in [0.05, 0.1) is 11.3 Å². The van der Waals surface area contributed by atoms with E-state index in [1.165, 1.54) is 0 Å². The highest BCUT2D eigenvalue weighted by molar-refractivity contribution is 9.10. The van der Waals surface area contributed by atoms with Gasteiger partial charge in [-0.3, -0.25) is 4.79 Å². The monoisotopic (exact) mass is 404 g/mol. The fraction of sp³-hybridized carbons (Fsp3) is 0. The molecule has 0 unspecified atom stereocenters. The molecule has 0 aliphatic heterocycles. The molecule has 0 N–H and O–H groups in total. The third-order valence-electron chi connectivity index (χ3n) is 3.09. The molecule has 3 aromatic rings. The molecule has 0 spiro atoms. The summed E-state index contributed by atoms with van der Waals surface area (Å²) < 4.78 is 3.63. The van der Waals surface area contributed by atoms with Crippen LogP contribution in [0.4, 0.5) is 0 Å². The van der Waals surface area contributed by atoms with Crippen molar-refractivity contribution in [2.75, 3.05) is 0 Å². The Hall–Kier alpha value is -1.72. The van der Waals surface area contributed by atoms with Crippen LogP contribution in [0.5, 0.6) is 0 Å². The number of para-hydroxylation sites is 1. The minimum atomic E-state index is 0.563. The SMILES string of the molecule is O=Cc1cn(-c2ccccc2Br)nc1-c1ccc(Br)cc1. The molecule has 0 saturated heterocycles. The first-order valence-corrected chi connectivity index (χ1v) is 7.83. The van der Waals surface area contributed by atoms with Crippen LogP contribution < -0.4 is 0 Å². The Kier molecular flexibility index (Phi) is 4.03. The molecule has 3 rings (SSSR count). The Morgan fingerprint density at radius 3 is 2.38 bits per heavy atom. The second-order valence-corrected chi connectivity index (χ2v) is 6.22. The van der Waals surface area contributed by atoms with Gasteiger partial charge >= 0.3 is 0 Å². The summed E-state index contributed by atoms with van der Waals surface area (Å²) in [5.41, 5.74) is 3.04. The first-order valence-electron chi connectivity index (χ1n) is 6.25. The zero-order valence-corrected chi connectivity index (χ0v) is 14.0. The standard InChI is InChI=1S/C16H10Br2N2O/c17-13-7-5-11(6-8-13)16-12(10-21)9-20(19-16)15-4-2-1-3-14(15)18/h1-10H. The van der Waals surface area contributed by atoms with Crippen LogP contribution in [0.2, 0.25) is 0 Å². The van der Waals surface area contributed by atoms with Crippen molar-refractivity contribution in [3.05, 3.63) is 69.2 Å². The van der Waals surface area contributed by atoms with Gasteiger partial charge in [0.1, 0.15) is 5.69 Å². The lowest BCUT2D eigenvalue weighted by Crippen LogP contribution is -1.95. The lowest BCUT2D eigenvalue weighted by Gasteiger charge is -2.03. The Labute approximate surface area is 138 Å². The van der Waals surface area contributed by atoms with Gasteiger partial charge in [-0.15, -0.1) is 0 Å². The van der Waals surface area contributed by atoms with Gasteiger partial charge in [-0.1, -0.05) is 40.2 Å². The zero-order chi connectivity index (χ0) is 14.8. The quantitative estimate of drug-likeness (QED) is 0.582. The maximum Gasteiger partial charge on any atom is 0.153 e. The lowest BCUT2D eigenvalue weighted by atomic mass is 10.1. The Balaban J connectivity index is 2.13. The summed E-state index contributed by atoms with van der Waals surface area (Å²) in [6.45, 7) is 0. The van der Waals surface area contributed by atoms with Crippen molar-refractivity contribution >= 4 is 38.1 Å². The molecule has 0 aliphatic rings. The van der Waals surface area contributed by atoms with Crippen molar-refractivity contribution in [1.29, 1.82) is 0 Å². The molecule has 5 heteroatoms. The minimum Gasteiger partial charge on any atom is -0.298 e. The highest BCUT2D eigenvalue weighted by Gasteiger charge is 2.12. The van der Waals surface area contributed by atoms with E-state index in [-0.39, 0.29) is 0 Å². The Bertz CT molecular complexity index is 794. The van der Waals surface area contributed by atoms with E-state index in [1.54, 1.807) is 10.9 Å². The summed E-state index contributed by atoms with van der Waals surface area (Å²) in [7, 11) is 0. The highest BCUT2D eigenvalue weighted by atomic mass is 79.9. The highest BCUT2D eigenvalue weighted by Crippen LogP contribution is 2.26. The van der Waals surface area contributed by atoms with Crippen molar-refractivity contribution in [2.45, 2.75) is 0 Å². The molecule has 0 bridgehead atoms. The molecule has 0 radical (unpaired) electrons. The number of hydrogen-bond donors (Lipinski definition) is 0. The summed E-state index contributed by atoms with van der Waals surface area (Å²) in [4.78, 5) is 11.3. The lowest BCUT2D eigenvalue weighted by molar-refractivity contribution is 0.112. The van der Waals surface area contributed by atoms with Gasteiger partial charge in [-0.05, 0) is 40.2 Å². The van der Waals surface area contributed by atoms with E-state index in [0.717, 1.165) is 26.5 Å². The summed E-state index contributed by atoms with van der Waals surface area (Å²) in [6, 6.07) is 15.5. The number of aldehydes is 1. The smallest absolute Gasteiger partial charge is 0.153 e. The minimum absolute atomic E-state index is 0.563. The van der Waals surface area contributed by atoms with Crippen LogP contribution in [0.25, 0.3) is 16.9 Å². The van der Waals surface area contributed by atoms with E-state index >= 15 is 0 Å². The number of carbonyl (C=O) groups is 1. The second kappa shape index (κ2) is 5.95. The molecule has 3 nitrogen and oxygen atoms in total. The molecular formula is C16H10Br2N2O. The topological polar surface area (TPSA) is 34.9 Å². The number of rotatable bonds is 3. The predicted octanol–water partition coefficient (Wildman–Crippen LogP) is 4.88. The van der Waals surface area contributed by atoms with Crippen molar-refractivity contribution < 1.29 is 4.79 Å². The van der Waals surface area contributed by atoms with E-state index in [1.807, 2.05) is 48.5 Å². The van der Waals surface area contributed by atoms with Crippen LogP contribution in [-0.4, -0.2) is 16.1 Å². The van der Waals surface area contributed by atoms with Gasteiger partial charge in [-0.2, -0.15) is 5.10 Å². The summed E-state index contributed by atoms with van der Waals surface area (Å²) in [5.74, 6) is 0. The van der Waals surface area contributed by atoms with Gasteiger partial charge in [0.15, 0.2) is 6.29 Å². The number of nitrogens with zero attached hydrogens (tertiary/aromatic N) is 2. The number of halogens is 2. The van der Waals surface area contributed by atoms with Gasteiger partial charge in [-0.25, -0.2) is 4.68 Å². The molecule has 0 aliphatic carbocycles. The Morgan fingerprint density at radius 1 is 1.00 bits per heavy atom. The van der Waals surface area contributed by atoms with Gasteiger partial charge < -0.3 is 0 Å². The summed E-state index contributed by atoms with van der Waals surface area (Å²) in [6.07, 6.45) is 2.57. The fourth-order valence-corrected chi connectivity index (χ4v) is 2.80. The molecule has 1 heterocycles. The van der Waals surface area contributed by atoms with E-state index in [9.17, 15) is 4.79 Å². The van der Waals surface area contributed by atoms with Crippen LogP contribution in [0.3, 0.4) is 0 Å². The van der Waals surface area contributed by atoms with E-state index in [4.69, 9.17) is 0 Å². The van der Waals surface area contributed by atoms with E-state index < -0.39 is 0 Å². The summed E-state index contributed by atoms with van der Waals surface area (Å²) >= 11 is 6.90. The normalized spacial score (nSPS) is 10.6. The first kappa shape index (κ1) is 14.2. The van der Waals surface area contributed by atoms with Crippen molar-refractivity contribution in [2.24, 2.45) is 0 Å². The van der Waals surface area contributed by atoms with Crippen LogP contribution in [-0.2, 0) is 0 Å². The maximum absolute atomic E-state index is 11.3. The van der Waals surface area contributed by atoms with Gasteiger partial charge in [0.2, 0.25) is 0 Å². The molecular weight excluding hydrogens is 396 g/mol. The van der Waals surface area contributed by atoms with Crippen LogP contribution in [0.15, 0.2) is 63.7 Å². The third kappa shape index (κ3) is 2.84. The number of hydrogen-bond acceptors (Lipinski definition) is 2. The molecule has 2 aromatic carbocycles. The van der Waals surface area contributed by atoms with Crippen molar-refractivity contribution in [1.82, 2.24) is 9.78 Å². The number of aromatic nitrogens is 2. The zero-order valence-electron chi connectivity index (χ0n) is 10.8. The molecule has 21 heavy (non-hydrogen) atoms. The molecule has 0 saturated carbocycles. The fourth-order valence-electron chi connectivity index (χ4n) is 2.07. The first-order chi connectivity index (χ1) is 10.2. The van der Waals surface area contributed by atoms with Crippen LogP contribution >= 0.6 is 31.9 Å². The Morgan fingerprint density at radius 2 is 1.71 bits per heavy atom. The average Bonchev–Trinajstić information content (AvgIpc) is 2.92. The average molecular weight is 406 g/mol. The van der Waals surface area contributed by atoms with Crippen LogP contribution in [0.1, 0.15) is 10.4 Å². The summed E-state index contributed by atoms with van der Waals surface area (Å²) in [5, 5.41) is 4.55. The van der Waals surface area contributed by atoms with Crippen molar-refractivity contribution in [3.63, 3.8) is 0 Å². The van der Waals surface area contributed by atoms with Gasteiger partial charge in [0.25, 0.3) is 0 Å². The van der Waals surface area contributed by atoms with Crippen molar-refractivity contribution in [3.8, 4) is 16.9 Å². The molecule has 0 atom stereocenters. The van der Waals surface area contributed by atoms with E-state index in [2.05, 4.69) is 37.0 Å². The largest absolute Gasteiger partial charge is 0.298 e. The van der Waals surface area contributed by atoms with E-state index in [0.29, 0.717) is 11.3 Å². The third-order valence-corrected chi connectivity index (χ3v) is 4.29. The second-order valence-electron chi connectivity index (χ2n) is 4.45. The number of carbonyl (C=O) groups excluding carboxylic acids is 1. The molecule has 1 aromatic heterocycles. The number of benzene rings is 2. The predicted molar refractivity (Wildman–Crippen MR) is 89.8 cm³/mol. The molecule has 0 fully saturated rings. The molecule has 0 amide bonds. The van der Waals surface area contributed by atoms with Crippen LogP contribution in [0, 0.1) is 0 Å². The maximum atomic E-state index is 11.3.